The molecule has 0 saturated carbocycles. The van der Waals surface area contributed by atoms with Crippen LogP contribution < -0.4 is 0 Å². The van der Waals surface area contributed by atoms with E-state index in [1.807, 2.05) is 0 Å². The summed E-state index contributed by atoms with van der Waals surface area (Å²) in [6.07, 6.45) is 11.7. The minimum Gasteiger partial charge on any atom is -0.469 e. The number of rotatable bonds is 11. The van der Waals surface area contributed by atoms with Gasteiger partial charge in [0.25, 0.3) is 11.8 Å². The fourth-order valence-corrected chi connectivity index (χ4v) is 2.35. The number of nitrogens with zero attached hydrogens (tertiary/aromatic N) is 1. The van der Waals surface area contributed by atoms with Crippen LogP contribution in [0.3, 0.4) is 0 Å². The molecule has 0 unspecified atom stereocenters. The Balaban J connectivity index is 1.86. The van der Waals surface area contributed by atoms with Crippen molar-refractivity contribution in [2.75, 3.05) is 13.7 Å². The van der Waals surface area contributed by atoms with E-state index in [1.165, 1.54) is 37.0 Å². The van der Waals surface area contributed by atoms with Crippen LogP contribution in [0.4, 0.5) is 0 Å². The molecule has 0 aromatic carbocycles. The molecule has 1 heterocycles. The Morgan fingerprint density at radius 2 is 1.38 bits per heavy atom. The van der Waals surface area contributed by atoms with Crippen LogP contribution in [0.5, 0.6) is 0 Å². The lowest BCUT2D eigenvalue weighted by Crippen LogP contribution is -2.30. The average molecular weight is 295 g/mol. The second-order valence-electron chi connectivity index (χ2n) is 5.32. The second-order valence-corrected chi connectivity index (χ2v) is 5.32. The first-order valence-corrected chi connectivity index (χ1v) is 7.75. The Bertz CT molecular complexity index is 372. The number of hydrogen-bond donors (Lipinski definition) is 0. The number of esters is 1. The number of carbonyl (C=O) groups is 3. The number of carbonyl (C=O) groups excluding carboxylic acids is 3. The van der Waals surface area contributed by atoms with E-state index in [-0.39, 0.29) is 17.8 Å². The number of ether oxygens (including phenoxy) is 1. The van der Waals surface area contributed by atoms with Gasteiger partial charge in [0.15, 0.2) is 0 Å². The van der Waals surface area contributed by atoms with Crippen molar-refractivity contribution in [1.82, 2.24) is 4.90 Å². The zero-order valence-electron chi connectivity index (χ0n) is 12.8. The molecule has 5 nitrogen and oxygen atoms in total. The summed E-state index contributed by atoms with van der Waals surface area (Å²) in [4.78, 5) is 34.8. The van der Waals surface area contributed by atoms with Crippen LogP contribution in [-0.4, -0.2) is 36.3 Å². The van der Waals surface area contributed by atoms with E-state index >= 15 is 0 Å². The summed E-state index contributed by atoms with van der Waals surface area (Å²) < 4.78 is 4.58. The highest BCUT2D eigenvalue weighted by atomic mass is 16.5. The Morgan fingerprint density at radius 3 is 1.90 bits per heavy atom. The van der Waals surface area contributed by atoms with Gasteiger partial charge in [-0.1, -0.05) is 38.5 Å². The summed E-state index contributed by atoms with van der Waals surface area (Å²) in [6, 6.07) is 0. The van der Waals surface area contributed by atoms with E-state index in [2.05, 4.69) is 4.74 Å². The second kappa shape index (κ2) is 10.1. The fourth-order valence-electron chi connectivity index (χ4n) is 2.35. The van der Waals surface area contributed by atoms with Gasteiger partial charge in [-0.15, -0.1) is 0 Å². The highest BCUT2D eigenvalue weighted by Gasteiger charge is 2.21. The fraction of sp³-hybridized carbons (Fsp3) is 0.688. The molecule has 21 heavy (non-hydrogen) atoms. The maximum atomic E-state index is 11.3. The van der Waals surface area contributed by atoms with Crippen LogP contribution in [-0.2, 0) is 19.1 Å². The van der Waals surface area contributed by atoms with Gasteiger partial charge in [-0.25, -0.2) is 0 Å². The molecular formula is C16H25NO4. The predicted molar refractivity (Wildman–Crippen MR) is 79.4 cm³/mol. The third-order valence-electron chi connectivity index (χ3n) is 3.64. The van der Waals surface area contributed by atoms with Crippen LogP contribution >= 0.6 is 0 Å². The van der Waals surface area contributed by atoms with Gasteiger partial charge in [0, 0.05) is 25.1 Å². The molecule has 0 radical (unpaired) electrons. The molecule has 118 valence electrons. The Morgan fingerprint density at radius 1 is 0.905 bits per heavy atom. The largest absolute Gasteiger partial charge is 0.469 e. The third-order valence-corrected chi connectivity index (χ3v) is 3.64. The molecule has 1 rings (SSSR count). The van der Waals surface area contributed by atoms with Crippen molar-refractivity contribution in [1.29, 1.82) is 0 Å². The lowest BCUT2D eigenvalue weighted by atomic mass is 10.1. The number of imide groups is 1. The molecule has 0 aromatic rings. The van der Waals surface area contributed by atoms with E-state index in [4.69, 9.17) is 0 Å². The standard InChI is InChI=1S/C16H25NO4/c1-21-16(20)10-8-6-4-2-3-5-7-9-13-17-14(18)11-12-15(17)19/h11-12H,2-10,13H2,1H3. The van der Waals surface area contributed by atoms with E-state index in [1.54, 1.807) is 0 Å². The molecule has 0 spiro atoms. The lowest BCUT2D eigenvalue weighted by Gasteiger charge is -2.12. The van der Waals surface area contributed by atoms with E-state index < -0.39 is 0 Å². The molecule has 1 aliphatic rings. The first kappa shape index (κ1) is 17.4. The monoisotopic (exact) mass is 295 g/mol. The van der Waals surface area contributed by atoms with Crippen molar-refractivity contribution in [2.24, 2.45) is 0 Å². The van der Waals surface area contributed by atoms with E-state index in [0.717, 1.165) is 38.5 Å². The summed E-state index contributed by atoms with van der Waals surface area (Å²) in [6.45, 7) is 0.532. The van der Waals surface area contributed by atoms with Crippen LogP contribution in [0.1, 0.15) is 57.8 Å². The molecular weight excluding hydrogens is 270 g/mol. The van der Waals surface area contributed by atoms with Gasteiger partial charge in [0.1, 0.15) is 0 Å². The van der Waals surface area contributed by atoms with Crippen molar-refractivity contribution < 1.29 is 19.1 Å². The number of hydrogen-bond acceptors (Lipinski definition) is 4. The molecule has 5 heteroatoms. The molecule has 0 aliphatic carbocycles. The average Bonchev–Trinajstić information content (AvgIpc) is 2.80. The molecule has 1 aliphatic heterocycles. The van der Waals surface area contributed by atoms with Crippen molar-refractivity contribution in [2.45, 2.75) is 57.8 Å². The molecule has 0 saturated heterocycles. The Kier molecular flexibility index (Phi) is 8.40. The third kappa shape index (κ3) is 7.06. The number of methoxy groups -OCH3 is 1. The molecule has 0 N–H and O–H groups in total. The van der Waals surface area contributed by atoms with Crippen molar-refractivity contribution in [3.63, 3.8) is 0 Å². The Labute approximate surface area is 126 Å². The van der Waals surface area contributed by atoms with Crippen LogP contribution in [0, 0.1) is 0 Å². The zero-order valence-corrected chi connectivity index (χ0v) is 12.8. The summed E-state index contributed by atoms with van der Waals surface area (Å²) in [7, 11) is 1.42. The van der Waals surface area contributed by atoms with Gasteiger partial charge in [0.2, 0.25) is 0 Å². The maximum absolute atomic E-state index is 11.3. The number of unbranched alkanes of at least 4 members (excludes halogenated alkanes) is 7. The first-order chi connectivity index (χ1) is 10.1. The topological polar surface area (TPSA) is 63.7 Å². The zero-order chi connectivity index (χ0) is 15.5. The molecule has 0 fully saturated rings. The minimum absolute atomic E-state index is 0.129. The normalized spacial score (nSPS) is 14.0. The lowest BCUT2D eigenvalue weighted by molar-refractivity contribution is -0.141. The summed E-state index contributed by atoms with van der Waals surface area (Å²) in [5, 5.41) is 0. The van der Waals surface area contributed by atoms with Crippen molar-refractivity contribution >= 4 is 17.8 Å². The maximum Gasteiger partial charge on any atom is 0.305 e. The predicted octanol–water partition coefficient (Wildman–Crippen LogP) is 2.60. The summed E-state index contributed by atoms with van der Waals surface area (Å²) in [5.41, 5.74) is 0. The summed E-state index contributed by atoms with van der Waals surface area (Å²) >= 11 is 0. The number of amides is 2. The highest BCUT2D eigenvalue weighted by molar-refractivity contribution is 6.12. The van der Waals surface area contributed by atoms with E-state index in [0.29, 0.717) is 13.0 Å². The molecule has 0 atom stereocenters. The van der Waals surface area contributed by atoms with Gasteiger partial charge in [-0.05, 0) is 12.8 Å². The van der Waals surface area contributed by atoms with Gasteiger partial charge in [0.05, 0.1) is 7.11 Å². The van der Waals surface area contributed by atoms with E-state index in [9.17, 15) is 14.4 Å². The Hall–Kier alpha value is -1.65. The van der Waals surface area contributed by atoms with Gasteiger partial charge >= 0.3 is 5.97 Å². The van der Waals surface area contributed by atoms with Crippen LogP contribution in [0.2, 0.25) is 0 Å². The molecule has 2 amide bonds. The van der Waals surface area contributed by atoms with Gasteiger partial charge in [-0.2, -0.15) is 0 Å². The van der Waals surface area contributed by atoms with Crippen molar-refractivity contribution in [3.8, 4) is 0 Å². The first-order valence-electron chi connectivity index (χ1n) is 7.75. The SMILES string of the molecule is COC(=O)CCCCCCCCCCN1C(=O)C=CC1=O. The quantitative estimate of drug-likeness (QED) is 0.334. The van der Waals surface area contributed by atoms with Crippen molar-refractivity contribution in [3.05, 3.63) is 12.2 Å². The van der Waals surface area contributed by atoms with Crippen LogP contribution in [0.15, 0.2) is 12.2 Å². The smallest absolute Gasteiger partial charge is 0.305 e. The molecule has 0 bridgehead atoms. The minimum atomic E-state index is -0.189. The van der Waals surface area contributed by atoms with Gasteiger partial charge < -0.3 is 4.74 Å². The summed E-state index contributed by atoms with van der Waals surface area (Å²) in [5.74, 6) is -0.508. The van der Waals surface area contributed by atoms with Crippen LogP contribution in [0.25, 0.3) is 0 Å². The van der Waals surface area contributed by atoms with Gasteiger partial charge in [-0.3, -0.25) is 19.3 Å². The highest BCUT2D eigenvalue weighted by Crippen LogP contribution is 2.11. The molecule has 0 aromatic heterocycles.